The number of thiophene rings is 1. The van der Waals surface area contributed by atoms with Gasteiger partial charge in [-0.05, 0) is 77.9 Å². The van der Waals surface area contributed by atoms with Gasteiger partial charge < -0.3 is 9.13 Å². The molecule has 4 heteroatoms. The Labute approximate surface area is 310 Å². The van der Waals surface area contributed by atoms with E-state index in [1.165, 1.54) is 58.4 Å². The van der Waals surface area contributed by atoms with Crippen molar-refractivity contribution in [3.63, 3.8) is 0 Å². The van der Waals surface area contributed by atoms with E-state index >= 15 is 0 Å². The fourth-order valence-electron chi connectivity index (χ4n) is 8.06. The van der Waals surface area contributed by atoms with E-state index in [1.54, 1.807) is 0 Å². The Morgan fingerprint density at radius 1 is 0.415 bits per heavy atom. The highest BCUT2D eigenvalue weighted by Gasteiger charge is 2.20. The number of pyridine rings is 1. The lowest BCUT2D eigenvalue weighted by Gasteiger charge is -2.13. The Bertz CT molecular complexity index is 3090. The number of para-hydroxylation sites is 1. The van der Waals surface area contributed by atoms with E-state index in [0.717, 1.165) is 39.5 Å². The lowest BCUT2D eigenvalue weighted by atomic mass is 10.00. The first-order chi connectivity index (χ1) is 26.3. The van der Waals surface area contributed by atoms with Crippen molar-refractivity contribution in [3.05, 3.63) is 188 Å². The smallest absolute Gasteiger partial charge is 0.0716 e. The molecule has 11 rings (SSSR count). The van der Waals surface area contributed by atoms with Gasteiger partial charge in [-0.2, -0.15) is 0 Å². The van der Waals surface area contributed by atoms with E-state index in [2.05, 4.69) is 197 Å². The number of benzene rings is 7. The predicted molar refractivity (Wildman–Crippen MR) is 225 cm³/mol. The van der Waals surface area contributed by atoms with Gasteiger partial charge in [0.05, 0.1) is 27.9 Å². The summed E-state index contributed by atoms with van der Waals surface area (Å²) in [7, 11) is 0. The highest BCUT2D eigenvalue weighted by atomic mass is 32.1. The number of hydrogen-bond donors (Lipinski definition) is 0. The quantitative estimate of drug-likeness (QED) is 0.176. The van der Waals surface area contributed by atoms with Crippen molar-refractivity contribution in [2.45, 2.75) is 0 Å². The summed E-state index contributed by atoms with van der Waals surface area (Å²) in [6, 6.07) is 65.5. The number of rotatable bonds is 5. The zero-order chi connectivity index (χ0) is 34.9. The van der Waals surface area contributed by atoms with Crippen LogP contribution in [0.4, 0.5) is 0 Å². The van der Waals surface area contributed by atoms with E-state index in [-0.39, 0.29) is 0 Å². The summed E-state index contributed by atoms with van der Waals surface area (Å²) in [5, 5.41) is 6.29. The Morgan fingerprint density at radius 2 is 1.09 bits per heavy atom. The van der Waals surface area contributed by atoms with Crippen LogP contribution in [-0.4, -0.2) is 14.1 Å². The molecule has 11 aromatic rings. The highest BCUT2D eigenvalue weighted by molar-refractivity contribution is 7.26. The Morgan fingerprint density at radius 3 is 1.91 bits per heavy atom. The van der Waals surface area contributed by atoms with E-state index < -0.39 is 0 Å². The van der Waals surface area contributed by atoms with Gasteiger partial charge >= 0.3 is 0 Å². The van der Waals surface area contributed by atoms with E-state index in [4.69, 9.17) is 4.98 Å². The molecule has 0 spiro atoms. The normalized spacial score (nSPS) is 11.8. The van der Waals surface area contributed by atoms with Gasteiger partial charge in [0, 0.05) is 65.0 Å². The Balaban J connectivity index is 1.19. The molecular weight excluding hydrogens is 663 g/mol. The molecule has 0 N–H and O–H groups in total. The van der Waals surface area contributed by atoms with Crippen LogP contribution in [-0.2, 0) is 0 Å². The number of fused-ring (bicyclic) bond motifs is 8. The summed E-state index contributed by atoms with van der Waals surface area (Å²) in [5.74, 6) is 0. The van der Waals surface area contributed by atoms with Gasteiger partial charge in [-0.3, -0.25) is 0 Å². The molecule has 0 aliphatic carbocycles. The van der Waals surface area contributed by atoms with Gasteiger partial charge in [0.2, 0.25) is 0 Å². The van der Waals surface area contributed by atoms with E-state index in [0.29, 0.717) is 0 Å². The van der Waals surface area contributed by atoms with Crippen molar-refractivity contribution in [2.24, 2.45) is 0 Å². The van der Waals surface area contributed by atoms with Crippen molar-refractivity contribution < 1.29 is 0 Å². The summed E-state index contributed by atoms with van der Waals surface area (Å²) in [6.07, 6.45) is 2.19. The minimum atomic E-state index is 0.946. The van der Waals surface area contributed by atoms with Crippen LogP contribution in [0.5, 0.6) is 0 Å². The molecule has 0 aliphatic heterocycles. The summed E-state index contributed by atoms with van der Waals surface area (Å²) in [5.41, 5.74) is 12.3. The molecular formula is C49H31N3S. The molecule has 0 amide bonds. The maximum absolute atomic E-state index is 5.29. The molecule has 0 aliphatic rings. The topological polar surface area (TPSA) is 22.8 Å². The van der Waals surface area contributed by atoms with Crippen molar-refractivity contribution in [1.82, 2.24) is 14.1 Å². The van der Waals surface area contributed by atoms with Crippen LogP contribution in [0.1, 0.15) is 0 Å². The first kappa shape index (κ1) is 29.9. The third-order valence-electron chi connectivity index (χ3n) is 10.5. The van der Waals surface area contributed by atoms with Crippen LogP contribution in [0.25, 0.3) is 97.9 Å². The summed E-state index contributed by atoms with van der Waals surface area (Å²) in [6.45, 7) is 0. The summed E-state index contributed by atoms with van der Waals surface area (Å²) < 4.78 is 7.39. The first-order valence-corrected chi connectivity index (χ1v) is 18.8. The molecule has 0 saturated heterocycles. The van der Waals surface area contributed by atoms with Crippen LogP contribution in [0.3, 0.4) is 0 Å². The lowest BCUT2D eigenvalue weighted by Crippen LogP contribution is -1.96. The highest BCUT2D eigenvalue weighted by Crippen LogP contribution is 2.44. The molecule has 7 aromatic carbocycles. The zero-order valence-electron chi connectivity index (χ0n) is 28.6. The average Bonchev–Trinajstić information content (AvgIpc) is 3.92. The third-order valence-corrected chi connectivity index (χ3v) is 11.7. The molecule has 0 radical (unpaired) electrons. The van der Waals surface area contributed by atoms with Gasteiger partial charge in [-0.15, -0.1) is 11.3 Å². The minimum Gasteiger partial charge on any atom is -0.317 e. The number of hydrogen-bond acceptors (Lipinski definition) is 2. The second-order valence-corrected chi connectivity index (χ2v) is 14.7. The van der Waals surface area contributed by atoms with Gasteiger partial charge in [-0.25, -0.2) is 4.98 Å². The van der Waals surface area contributed by atoms with Gasteiger partial charge in [-0.1, -0.05) is 115 Å². The van der Waals surface area contributed by atoms with Crippen molar-refractivity contribution in [3.8, 4) is 45.0 Å². The van der Waals surface area contributed by atoms with Crippen LogP contribution < -0.4 is 0 Å². The van der Waals surface area contributed by atoms with Gasteiger partial charge in [0.15, 0.2) is 0 Å². The van der Waals surface area contributed by atoms with Crippen LogP contribution in [0.15, 0.2) is 188 Å². The monoisotopic (exact) mass is 693 g/mol. The number of nitrogens with zero attached hydrogens (tertiary/aromatic N) is 3. The standard InChI is InChI=1S/C49H31N3S/c1-4-13-32(14-5-1)36-28-42(33-15-6-2-7-16-33)50-43(29-36)34-17-12-20-38(27-34)52-45-30-35-25-26-51(37-18-8-3-9-19-37)44(35)31-41(45)39-23-24-47-48(49(39)52)40-21-10-11-22-46(40)53-47/h1-31H. The molecule has 0 bridgehead atoms. The second kappa shape index (κ2) is 11.9. The fraction of sp³-hybridized carbons (Fsp3) is 0. The van der Waals surface area contributed by atoms with Gasteiger partial charge in [0.1, 0.15) is 0 Å². The summed E-state index contributed by atoms with van der Waals surface area (Å²) >= 11 is 1.87. The lowest BCUT2D eigenvalue weighted by molar-refractivity contribution is 1.13. The van der Waals surface area contributed by atoms with Crippen LogP contribution in [0, 0.1) is 0 Å². The van der Waals surface area contributed by atoms with Gasteiger partial charge in [0.25, 0.3) is 0 Å². The van der Waals surface area contributed by atoms with E-state index in [9.17, 15) is 0 Å². The fourth-order valence-corrected chi connectivity index (χ4v) is 9.17. The van der Waals surface area contributed by atoms with Crippen molar-refractivity contribution in [2.75, 3.05) is 0 Å². The molecule has 0 atom stereocenters. The van der Waals surface area contributed by atoms with Crippen molar-refractivity contribution >= 4 is 64.2 Å². The molecule has 3 nitrogen and oxygen atoms in total. The molecule has 0 unspecified atom stereocenters. The van der Waals surface area contributed by atoms with E-state index in [1.807, 2.05) is 11.3 Å². The first-order valence-electron chi connectivity index (χ1n) is 18.0. The molecule has 4 heterocycles. The molecule has 0 fully saturated rings. The second-order valence-electron chi connectivity index (χ2n) is 13.6. The maximum Gasteiger partial charge on any atom is 0.0716 e. The predicted octanol–water partition coefficient (Wildman–Crippen LogP) is 13.5. The van der Waals surface area contributed by atoms with Crippen molar-refractivity contribution in [1.29, 1.82) is 0 Å². The number of aromatic nitrogens is 3. The van der Waals surface area contributed by atoms with Crippen LogP contribution >= 0.6 is 11.3 Å². The Kier molecular flexibility index (Phi) is 6.73. The average molecular weight is 694 g/mol. The minimum absolute atomic E-state index is 0.946. The maximum atomic E-state index is 5.29. The molecule has 4 aromatic heterocycles. The molecule has 0 saturated carbocycles. The summed E-state index contributed by atoms with van der Waals surface area (Å²) in [4.78, 5) is 5.29. The van der Waals surface area contributed by atoms with Crippen LogP contribution in [0.2, 0.25) is 0 Å². The third kappa shape index (κ3) is 4.84. The largest absolute Gasteiger partial charge is 0.317 e. The zero-order valence-corrected chi connectivity index (χ0v) is 29.5. The SMILES string of the molecule is c1ccc(-c2cc(-c3ccccc3)nc(-c3cccc(-n4c5cc6ccn(-c7ccccc7)c6cc5c5ccc6sc7ccccc7c6c54)c3)c2)cc1. The molecule has 53 heavy (non-hydrogen) atoms. The Hall–Kier alpha value is -6.75. The molecule has 248 valence electrons.